The molecule has 0 saturated carbocycles. The normalized spacial score (nSPS) is 11.9. The first kappa shape index (κ1) is 18.1. The predicted octanol–water partition coefficient (Wildman–Crippen LogP) is 5.87. The van der Waals surface area contributed by atoms with Gasteiger partial charge in [-0.25, -0.2) is 0 Å². The second kappa shape index (κ2) is 7.79. The average Bonchev–Trinajstić information content (AvgIpc) is 3.18. The van der Waals surface area contributed by atoms with Crippen molar-refractivity contribution in [3.8, 4) is 5.75 Å². The van der Waals surface area contributed by atoms with E-state index < -0.39 is 6.04 Å². The third kappa shape index (κ3) is 3.47. The Morgan fingerprint density at radius 3 is 2.61 bits per heavy atom. The second-order valence-electron chi connectivity index (χ2n) is 6.45. The summed E-state index contributed by atoms with van der Waals surface area (Å²) < 4.78 is 5.30. The number of halogens is 1. The van der Waals surface area contributed by atoms with E-state index in [2.05, 4.69) is 10.3 Å². The first-order chi connectivity index (χ1) is 13.7. The van der Waals surface area contributed by atoms with Gasteiger partial charge in [-0.1, -0.05) is 60.1 Å². The average molecular weight is 391 g/mol. The van der Waals surface area contributed by atoms with E-state index in [1.54, 1.807) is 19.4 Å². The van der Waals surface area contributed by atoms with E-state index in [9.17, 15) is 4.79 Å². The van der Waals surface area contributed by atoms with Gasteiger partial charge in [-0.05, 0) is 23.8 Å². The Morgan fingerprint density at radius 2 is 1.82 bits per heavy atom. The highest BCUT2D eigenvalue weighted by Crippen LogP contribution is 2.31. The minimum Gasteiger partial charge on any atom is -0.497 e. The topological polar surface area (TPSA) is 54.1 Å². The summed E-state index contributed by atoms with van der Waals surface area (Å²) in [6.07, 6.45) is 1.72. The summed E-state index contributed by atoms with van der Waals surface area (Å²) in [4.78, 5) is 16.7. The molecule has 1 aromatic heterocycles. The van der Waals surface area contributed by atoms with Crippen LogP contribution in [0.3, 0.4) is 0 Å². The van der Waals surface area contributed by atoms with Crippen molar-refractivity contribution in [3.63, 3.8) is 0 Å². The van der Waals surface area contributed by atoms with Crippen LogP contribution < -0.4 is 10.1 Å². The van der Waals surface area contributed by atoms with Crippen LogP contribution in [0.1, 0.15) is 22.0 Å². The van der Waals surface area contributed by atoms with Crippen molar-refractivity contribution in [2.45, 2.75) is 6.04 Å². The van der Waals surface area contributed by atoms with E-state index in [1.807, 2.05) is 66.7 Å². The quantitative estimate of drug-likeness (QED) is 0.405. The Kier molecular flexibility index (Phi) is 5.04. The van der Waals surface area contributed by atoms with E-state index in [4.69, 9.17) is 16.3 Å². The summed E-state index contributed by atoms with van der Waals surface area (Å²) in [5.41, 5.74) is 3.05. The number of carbonyl (C=O) groups excluding carboxylic acids is 1. The van der Waals surface area contributed by atoms with Gasteiger partial charge >= 0.3 is 0 Å². The summed E-state index contributed by atoms with van der Waals surface area (Å²) in [5.74, 6) is 0.686. The summed E-state index contributed by atoms with van der Waals surface area (Å²) in [6, 6.07) is 22.2. The number of nitrogens with one attached hydrogen (secondary N) is 2. The van der Waals surface area contributed by atoms with Gasteiger partial charge in [0.15, 0.2) is 5.78 Å². The van der Waals surface area contributed by atoms with Crippen molar-refractivity contribution in [1.29, 1.82) is 0 Å². The number of H-pyrrole nitrogens is 1. The highest BCUT2D eigenvalue weighted by molar-refractivity contribution is 6.35. The fourth-order valence-electron chi connectivity index (χ4n) is 3.30. The van der Waals surface area contributed by atoms with Gasteiger partial charge in [-0.2, -0.15) is 0 Å². The number of para-hydroxylation sites is 1. The fraction of sp³-hybridized carbons (Fsp3) is 0.0870. The maximum absolute atomic E-state index is 13.5. The molecule has 0 aliphatic rings. The number of hydrogen-bond acceptors (Lipinski definition) is 3. The second-order valence-corrected chi connectivity index (χ2v) is 6.86. The van der Waals surface area contributed by atoms with Gasteiger partial charge < -0.3 is 15.0 Å². The molecule has 0 saturated heterocycles. The first-order valence-electron chi connectivity index (χ1n) is 8.92. The van der Waals surface area contributed by atoms with Crippen molar-refractivity contribution in [2.75, 3.05) is 12.4 Å². The first-order valence-corrected chi connectivity index (χ1v) is 9.30. The minimum absolute atomic E-state index is 0.0393. The molecule has 1 atom stereocenters. The van der Waals surface area contributed by atoms with Crippen molar-refractivity contribution >= 4 is 34.0 Å². The predicted molar refractivity (Wildman–Crippen MR) is 113 cm³/mol. The Bertz CT molecular complexity index is 1120. The molecule has 0 amide bonds. The standard InChI is InChI=1S/C23H19ClN2O2/c1-28-17-10-5-9-16(13-17)26-21(15-7-3-2-4-8-15)23(27)19-14-25-22-18(19)11-6-12-20(22)24/h2-14,21,25-26H,1H3. The molecule has 4 rings (SSSR count). The van der Waals surface area contributed by atoms with Crippen LogP contribution in [0.15, 0.2) is 79.0 Å². The molecule has 140 valence electrons. The lowest BCUT2D eigenvalue weighted by Gasteiger charge is -2.19. The summed E-state index contributed by atoms with van der Waals surface area (Å²) in [7, 11) is 1.62. The number of Topliss-reactive ketones (excluding diaryl/α,β-unsaturated/α-hetero) is 1. The van der Waals surface area contributed by atoms with Crippen LogP contribution in [-0.4, -0.2) is 17.9 Å². The molecule has 0 spiro atoms. The van der Waals surface area contributed by atoms with Crippen molar-refractivity contribution < 1.29 is 9.53 Å². The van der Waals surface area contributed by atoms with Crippen LogP contribution in [0.4, 0.5) is 5.69 Å². The Hall–Kier alpha value is -3.24. The van der Waals surface area contributed by atoms with E-state index >= 15 is 0 Å². The smallest absolute Gasteiger partial charge is 0.191 e. The SMILES string of the molecule is COc1cccc(NC(C(=O)c2c[nH]c3c(Cl)cccc23)c2ccccc2)c1. The lowest BCUT2D eigenvalue weighted by Crippen LogP contribution is -2.21. The van der Waals surface area contributed by atoms with Gasteiger partial charge in [0.1, 0.15) is 11.8 Å². The number of ether oxygens (including phenoxy) is 1. The lowest BCUT2D eigenvalue weighted by molar-refractivity contribution is 0.0971. The van der Waals surface area contributed by atoms with E-state index in [1.165, 1.54) is 0 Å². The zero-order chi connectivity index (χ0) is 19.5. The number of ketones is 1. The molecule has 3 aromatic carbocycles. The molecule has 1 heterocycles. The van der Waals surface area contributed by atoms with Crippen LogP contribution in [0.5, 0.6) is 5.75 Å². The van der Waals surface area contributed by atoms with E-state index in [-0.39, 0.29) is 5.78 Å². The number of fused-ring (bicyclic) bond motifs is 1. The highest BCUT2D eigenvalue weighted by atomic mass is 35.5. The van der Waals surface area contributed by atoms with Crippen molar-refractivity contribution in [1.82, 2.24) is 4.98 Å². The maximum atomic E-state index is 13.5. The molecular weight excluding hydrogens is 372 g/mol. The van der Waals surface area contributed by atoms with Crippen LogP contribution in [0.2, 0.25) is 5.02 Å². The zero-order valence-corrected chi connectivity index (χ0v) is 16.0. The Labute approximate surface area is 168 Å². The highest BCUT2D eigenvalue weighted by Gasteiger charge is 2.25. The zero-order valence-electron chi connectivity index (χ0n) is 15.3. The molecule has 5 heteroatoms. The van der Waals surface area contributed by atoms with Gasteiger partial charge in [0.05, 0.1) is 17.6 Å². The van der Waals surface area contributed by atoms with Crippen LogP contribution in [0.25, 0.3) is 10.9 Å². The van der Waals surface area contributed by atoms with E-state index in [0.717, 1.165) is 27.9 Å². The number of hydrogen-bond donors (Lipinski definition) is 2. The van der Waals surface area contributed by atoms with Crippen LogP contribution in [-0.2, 0) is 0 Å². The molecule has 28 heavy (non-hydrogen) atoms. The van der Waals surface area contributed by atoms with Gasteiger partial charge in [0.2, 0.25) is 0 Å². The fourth-order valence-corrected chi connectivity index (χ4v) is 3.53. The molecule has 2 N–H and O–H groups in total. The molecule has 4 nitrogen and oxygen atoms in total. The van der Waals surface area contributed by atoms with Crippen molar-refractivity contribution in [3.05, 3.63) is 95.1 Å². The summed E-state index contributed by atoms with van der Waals surface area (Å²) in [6.45, 7) is 0. The molecule has 0 aliphatic heterocycles. The maximum Gasteiger partial charge on any atom is 0.191 e. The Balaban J connectivity index is 1.76. The van der Waals surface area contributed by atoms with Crippen molar-refractivity contribution in [2.24, 2.45) is 0 Å². The lowest BCUT2D eigenvalue weighted by atomic mass is 9.96. The number of methoxy groups -OCH3 is 1. The molecule has 0 aliphatic carbocycles. The van der Waals surface area contributed by atoms with Gasteiger partial charge in [-0.15, -0.1) is 0 Å². The van der Waals surface area contributed by atoms with E-state index in [0.29, 0.717) is 10.6 Å². The number of rotatable bonds is 6. The molecular formula is C23H19ClN2O2. The minimum atomic E-state index is -0.550. The third-order valence-electron chi connectivity index (χ3n) is 4.71. The monoisotopic (exact) mass is 390 g/mol. The largest absolute Gasteiger partial charge is 0.497 e. The van der Waals surface area contributed by atoms with Gasteiger partial charge in [-0.3, -0.25) is 4.79 Å². The molecule has 0 radical (unpaired) electrons. The number of aromatic nitrogens is 1. The molecule has 1 unspecified atom stereocenters. The van der Waals surface area contributed by atoms with Crippen LogP contribution >= 0.6 is 11.6 Å². The number of benzene rings is 3. The van der Waals surface area contributed by atoms with Gasteiger partial charge in [0, 0.05) is 28.9 Å². The number of carbonyl (C=O) groups is 1. The van der Waals surface area contributed by atoms with Crippen LogP contribution in [0, 0.1) is 0 Å². The number of aromatic amines is 1. The summed E-state index contributed by atoms with van der Waals surface area (Å²) in [5, 5.41) is 4.76. The summed E-state index contributed by atoms with van der Waals surface area (Å²) >= 11 is 6.26. The molecule has 4 aromatic rings. The molecule has 0 fully saturated rings. The third-order valence-corrected chi connectivity index (χ3v) is 5.02. The molecule has 0 bridgehead atoms. The van der Waals surface area contributed by atoms with Gasteiger partial charge in [0.25, 0.3) is 0 Å². The Morgan fingerprint density at radius 1 is 1.04 bits per heavy atom. The number of anilines is 1.